The molecule has 1 rings (SSSR count). The zero-order valence-electron chi connectivity index (χ0n) is 8.55. The third kappa shape index (κ3) is 2.76. The fourth-order valence-corrected chi connectivity index (χ4v) is 1.64. The minimum atomic E-state index is 0.429. The van der Waals surface area contributed by atoms with E-state index in [0.29, 0.717) is 12.1 Å². The maximum Gasteiger partial charge on any atom is 0.0674 e. The molecule has 0 aromatic carbocycles. The molecule has 2 heteroatoms. The molecule has 0 aromatic rings. The molecule has 1 aliphatic rings. The number of nitrogens with zero attached hydrogens (tertiary/aromatic N) is 1. The second-order valence-corrected chi connectivity index (χ2v) is 3.84. The van der Waals surface area contributed by atoms with E-state index in [9.17, 15) is 0 Å². The van der Waals surface area contributed by atoms with Gasteiger partial charge in [-0.25, -0.2) is 0 Å². The summed E-state index contributed by atoms with van der Waals surface area (Å²) in [5.41, 5.74) is 0. The van der Waals surface area contributed by atoms with Gasteiger partial charge in [0, 0.05) is 12.6 Å². The molecular weight excluding hydrogens is 150 g/mol. The molecule has 0 unspecified atom stereocenters. The van der Waals surface area contributed by atoms with Crippen molar-refractivity contribution in [3.63, 3.8) is 0 Å². The molecular formula is C10H21NO. The minimum Gasteiger partial charge on any atom is -0.376 e. The summed E-state index contributed by atoms with van der Waals surface area (Å²) in [7, 11) is 0. The summed E-state index contributed by atoms with van der Waals surface area (Å²) in [6.45, 7) is 9.92. The van der Waals surface area contributed by atoms with Crippen LogP contribution in [0.5, 0.6) is 0 Å². The van der Waals surface area contributed by atoms with Crippen LogP contribution in [0.2, 0.25) is 0 Å². The van der Waals surface area contributed by atoms with E-state index < -0.39 is 0 Å². The van der Waals surface area contributed by atoms with Gasteiger partial charge in [-0.1, -0.05) is 13.3 Å². The number of hydrogen-bond donors (Lipinski definition) is 0. The van der Waals surface area contributed by atoms with Crippen molar-refractivity contribution in [2.45, 2.75) is 45.8 Å². The number of rotatable bonds is 3. The Morgan fingerprint density at radius 1 is 1.42 bits per heavy atom. The molecule has 0 aliphatic carbocycles. The molecule has 2 atom stereocenters. The Labute approximate surface area is 75.9 Å². The maximum atomic E-state index is 5.56. The minimum absolute atomic E-state index is 0.429. The molecule has 0 radical (unpaired) electrons. The topological polar surface area (TPSA) is 12.5 Å². The molecule has 0 saturated carbocycles. The lowest BCUT2D eigenvalue weighted by atomic mass is 10.2. The van der Waals surface area contributed by atoms with Crippen LogP contribution in [-0.4, -0.2) is 36.7 Å². The van der Waals surface area contributed by atoms with Crippen molar-refractivity contribution < 1.29 is 4.74 Å². The van der Waals surface area contributed by atoms with Crippen molar-refractivity contribution in [3.8, 4) is 0 Å². The Morgan fingerprint density at radius 3 is 2.83 bits per heavy atom. The van der Waals surface area contributed by atoms with Crippen molar-refractivity contribution in [2.75, 3.05) is 19.7 Å². The summed E-state index contributed by atoms with van der Waals surface area (Å²) in [6.07, 6.45) is 3.04. The highest BCUT2D eigenvalue weighted by Crippen LogP contribution is 2.11. The van der Waals surface area contributed by atoms with Crippen LogP contribution in [0.3, 0.4) is 0 Å². The van der Waals surface area contributed by atoms with Crippen molar-refractivity contribution in [1.82, 2.24) is 4.90 Å². The second-order valence-electron chi connectivity index (χ2n) is 3.84. The smallest absolute Gasteiger partial charge is 0.0674 e. The van der Waals surface area contributed by atoms with E-state index in [1.54, 1.807) is 0 Å². The Hall–Kier alpha value is -0.0800. The molecule has 1 saturated heterocycles. The van der Waals surface area contributed by atoms with Crippen LogP contribution in [0.4, 0.5) is 0 Å². The molecule has 2 nitrogen and oxygen atoms in total. The Bertz CT molecular complexity index is 127. The van der Waals surface area contributed by atoms with Crippen LogP contribution in [0.15, 0.2) is 0 Å². The van der Waals surface area contributed by atoms with E-state index in [1.807, 2.05) is 0 Å². The van der Waals surface area contributed by atoms with Crippen LogP contribution in [-0.2, 0) is 4.74 Å². The first-order valence-corrected chi connectivity index (χ1v) is 5.09. The van der Waals surface area contributed by atoms with Crippen molar-refractivity contribution in [2.24, 2.45) is 0 Å². The van der Waals surface area contributed by atoms with Crippen LogP contribution in [0.1, 0.15) is 33.6 Å². The lowest BCUT2D eigenvalue weighted by Crippen LogP contribution is -2.47. The predicted octanol–water partition coefficient (Wildman–Crippen LogP) is 1.90. The van der Waals surface area contributed by atoms with Gasteiger partial charge in [-0.05, 0) is 26.8 Å². The quantitative estimate of drug-likeness (QED) is 0.643. The van der Waals surface area contributed by atoms with Gasteiger partial charge in [0.2, 0.25) is 0 Å². The van der Waals surface area contributed by atoms with Crippen LogP contribution >= 0.6 is 0 Å². The summed E-state index contributed by atoms with van der Waals surface area (Å²) in [6, 6.07) is 0.618. The molecule has 12 heavy (non-hydrogen) atoms. The van der Waals surface area contributed by atoms with E-state index in [4.69, 9.17) is 4.74 Å². The molecule has 1 fully saturated rings. The average Bonchev–Trinajstić information content (AvgIpc) is 2.07. The molecule has 0 N–H and O–H groups in total. The molecule has 1 aliphatic heterocycles. The number of hydrogen-bond acceptors (Lipinski definition) is 2. The summed E-state index contributed by atoms with van der Waals surface area (Å²) in [5.74, 6) is 0. The van der Waals surface area contributed by atoms with Gasteiger partial charge in [0.1, 0.15) is 0 Å². The zero-order valence-corrected chi connectivity index (χ0v) is 8.55. The van der Waals surface area contributed by atoms with Crippen LogP contribution in [0.25, 0.3) is 0 Å². The molecule has 72 valence electrons. The third-order valence-corrected chi connectivity index (χ3v) is 2.54. The average molecular weight is 171 g/mol. The monoisotopic (exact) mass is 171 g/mol. The van der Waals surface area contributed by atoms with Gasteiger partial charge in [-0.3, -0.25) is 4.90 Å². The van der Waals surface area contributed by atoms with Gasteiger partial charge in [0.25, 0.3) is 0 Å². The molecule has 0 amide bonds. The first kappa shape index (κ1) is 10.0. The predicted molar refractivity (Wildman–Crippen MR) is 51.4 cm³/mol. The van der Waals surface area contributed by atoms with E-state index >= 15 is 0 Å². The number of ether oxygens (including phenoxy) is 1. The Kier molecular flexibility index (Phi) is 4.02. The SMILES string of the molecule is CCCCN1C[C@@H](C)OC[C@H]1C. The molecule has 0 aromatic heterocycles. The van der Waals surface area contributed by atoms with Gasteiger partial charge in [-0.15, -0.1) is 0 Å². The number of morpholine rings is 1. The zero-order chi connectivity index (χ0) is 8.97. The van der Waals surface area contributed by atoms with E-state index in [-0.39, 0.29) is 0 Å². The van der Waals surface area contributed by atoms with E-state index in [0.717, 1.165) is 13.2 Å². The largest absolute Gasteiger partial charge is 0.376 e. The van der Waals surface area contributed by atoms with Crippen LogP contribution < -0.4 is 0 Å². The second kappa shape index (κ2) is 4.83. The summed E-state index contributed by atoms with van der Waals surface area (Å²) in [4.78, 5) is 2.54. The standard InChI is InChI=1S/C10H21NO/c1-4-5-6-11-7-10(3)12-8-9(11)2/h9-10H,4-8H2,1-3H3/t9-,10-/m1/s1. The van der Waals surface area contributed by atoms with Gasteiger partial charge in [0.05, 0.1) is 12.7 Å². The van der Waals surface area contributed by atoms with E-state index in [2.05, 4.69) is 25.7 Å². The first-order chi connectivity index (χ1) is 5.74. The lowest BCUT2D eigenvalue weighted by Gasteiger charge is -2.36. The molecule has 1 heterocycles. The summed E-state index contributed by atoms with van der Waals surface area (Å²) in [5, 5.41) is 0. The summed E-state index contributed by atoms with van der Waals surface area (Å²) >= 11 is 0. The molecule has 0 spiro atoms. The Morgan fingerprint density at radius 2 is 2.17 bits per heavy atom. The normalized spacial score (nSPS) is 32.2. The highest BCUT2D eigenvalue weighted by molar-refractivity contribution is 4.74. The Balaban J connectivity index is 2.28. The van der Waals surface area contributed by atoms with Crippen molar-refractivity contribution in [1.29, 1.82) is 0 Å². The van der Waals surface area contributed by atoms with Gasteiger partial charge in [0.15, 0.2) is 0 Å². The molecule has 0 bridgehead atoms. The fraction of sp³-hybridized carbons (Fsp3) is 1.00. The maximum absolute atomic E-state index is 5.56. The van der Waals surface area contributed by atoms with Gasteiger partial charge < -0.3 is 4.74 Å². The highest BCUT2D eigenvalue weighted by atomic mass is 16.5. The van der Waals surface area contributed by atoms with E-state index in [1.165, 1.54) is 19.4 Å². The lowest BCUT2D eigenvalue weighted by molar-refractivity contribution is -0.0495. The fourth-order valence-electron chi connectivity index (χ4n) is 1.64. The van der Waals surface area contributed by atoms with Crippen LogP contribution in [0, 0.1) is 0 Å². The van der Waals surface area contributed by atoms with Gasteiger partial charge in [-0.2, -0.15) is 0 Å². The first-order valence-electron chi connectivity index (χ1n) is 5.09. The number of unbranched alkanes of at least 4 members (excludes halogenated alkanes) is 1. The highest BCUT2D eigenvalue weighted by Gasteiger charge is 2.22. The third-order valence-electron chi connectivity index (χ3n) is 2.54. The van der Waals surface area contributed by atoms with Gasteiger partial charge >= 0.3 is 0 Å². The summed E-state index contributed by atoms with van der Waals surface area (Å²) < 4.78 is 5.56. The van der Waals surface area contributed by atoms with Crippen molar-refractivity contribution in [3.05, 3.63) is 0 Å². The van der Waals surface area contributed by atoms with Crippen molar-refractivity contribution >= 4 is 0 Å².